The zero-order valence-electron chi connectivity index (χ0n) is 35.3. The van der Waals surface area contributed by atoms with Gasteiger partial charge in [0, 0.05) is 75.1 Å². The van der Waals surface area contributed by atoms with Gasteiger partial charge in [-0.2, -0.15) is 0 Å². The molecule has 0 radical (unpaired) electrons. The van der Waals surface area contributed by atoms with E-state index in [0.717, 1.165) is 24.3 Å². The minimum atomic E-state index is -0.924. The van der Waals surface area contributed by atoms with E-state index in [1.54, 1.807) is 12.1 Å². The zero-order chi connectivity index (χ0) is 44.6. The van der Waals surface area contributed by atoms with E-state index in [2.05, 4.69) is 10.6 Å². The molecular formula is C48H54F2N4O10. The lowest BCUT2D eigenvalue weighted by Crippen LogP contribution is -2.36. The summed E-state index contributed by atoms with van der Waals surface area (Å²) >= 11 is 0. The number of fused-ring (bicyclic) bond motifs is 4. The number of aliphatic hydroxyl groups is 4. The van der Waals surface area contributed by atoms with Crippen LogP contribution in [0.2, 0.25) is 0 Å². The molecule has 16 heteroatoms. The van der Waals surface area contributed by atoms with E-state index in [1.165, 1.54) is 12.1 Å². The third-order valence-electron chi connectivity index (χ3n) is 13.4. The predicted octanol–water partition coefficient (Wildman–Crippen LogP) is 4.46. The molecule has 0 spiro atoms. The summed E-state index contributed by atoms with van der Waals surface area (Å²) in [6.45, 7) is 2.68. The quantitative estimate of drug-likeness (QED) is 0.132. The van der Waals surface area contributed by atoms with Gasteiger partial charge in [0.1, 0.15) is 48.6 Å². The first-order valence-electron chi connectivity index (χ1n) is 21.9. The number of anilines is 2. The van der Waals surface area contributed by atoms with Crippen LogP contribution in [0.5, 0.6) is 11.5 Å². The molecule has 4 aromatic rings. The van der Waals surface area contributed by atoms with Crippen molar-refractivity contribution >= 4 is 23.2 Å². The predicted molar refractivity (Wildman–Crippen MR) is 229 cm³/mol. The van der Waals surface area contributed by atoms with Crippen molar-refractivity contribution in [2.75, 3.05) is 63.1 Å². The van der Waals surface area contributed by atoms with E-state index >= 15 is 0 Å². The Balaban J connectivity index is 0.000000162. The number of para-hydroxylation sites is 2. The van der Waals surface area contributed by atoms with Crippen LogP contribution >= 0.6 is 0 Å². The Hall–Kier alpha value is -5.04. The summed E-state index contributed by atoms with van der Waals surface area (Å²) in [7, 11) is 0. The van der Waals surface area contributed by atoms with Crippen molar-refractivity contribution < 1.29 is 57.7 Å². The van der Waals surface area contributed by atoms with Crippen LogP contribution in [0.15, 0.2) is 84.9 Å². The highest BCUT2D eigenvalue weighted by atomic mass is 19.1. The van der Waals surface area contributed by atoms with Gasteiger partial charge in [0.15, 0.2) is 0 Å². The second kappa shape index (κ2) is 18.4. The van der Waals surface area contributed by atoms with Crippen LogP contribution in [0.3, 0.4) is 0 Å². The molecule has 2 aliphatic carbocycles. The highest BCUT2D eigenvalue weighted by Gasteiger charge is 2.54. The number of halogens is 2. The monoisotopic (exact) mass is 884 g/mol. The van der Waals surface area contributed by atoms with Crippen molar-refractivity contribution in [2.24, 2.45) is 11.8 Å². The van der Waals surface area contributed by atoms with Crippen LogP contribution in [0.1, 0.15) is 60.1 Å². The van der Waals surface area contributed by atoms with Crippen LogP contribution < -0.4 is 20.1 Å². The van der Waals surface area contributed by atoms with Gasteiger partial charge in [-0.05, 0) is 72.5 Å². The van der Waals surface area contributed by atoms with Crippen LogP contribution in [0, 0.1) is 23.5 Å². The summed E-state index contributed by atoms with van der Waals surface area (Å²) in [5, 5.41) is 48.9. The van der Waals surface area contributed by atoms with E-state index in [4.69, 9.17) is 18.9 Å². The van der Waals surface area contributed by atoms with Crippen molar-refractivity contribution in [1.29, 1.82) is 0 Å². The van der Waals surface area contributed by atoms with E-state index < -0.39 is 46.9 Å². The van der Waals surface area contributed by atoms with Gasteiger partial charge in [0.05, 0.1) is 48.0 Å². The number of amides is 2. The molecule has 0 aromatic heterocycles. The fourth-order valence-electron chi connectivity index (χ4n) is 10.4. The Morgan fingerprint density at radius 2 is 1.05 bits per heavy atom. The summed E-state index contributed by atoms with van der Waals surface area (Å²) in [6, 6.07) is 25.1. The van der Waals surface area contributed by atoms with Crippen LogP contribution in [0.25, 0.3) is 0 Å². The van der Waals surface area contributed by atoms with Gasteiger partial charge >= 0.3 is 0 Å². The average Bonchev–Trinajstić information content (AvgIpc) is 3.81. The number of nitrogens with one attached hydrogen (secondary N) is 2. The Bertz CT molecular complexity index is 2170. The van der Waals surface area contributed by atoms with Crippen molar-refractivity contribution in [1.82, 2.24) is 9.80 Å². The van der Waals surface area contributed by atoms with Crippen molar-refractivity contribution in [3.63, 3.8) is 0 Å². The molecule has 2 saturated carbocycles. The zero-order valence-corrected chi connectivity index (χ0v) is 35.3. The van der Waals surface area contributed by atoms with E-state index in [9.17, 15) is 38.8 Å². The molecule has 6 aliphatic rings. The molecule has 2 unspecified atom stereocenters. The second-order valence-electron chi connectivity index (χ2n) is 18.2. The Kier molecular flexibility index (Phi) is 12.7. The lowest BCUT2D eigenvalue weighted by Gasteiger charge is -2.25. The number of ether oxygens (including phenoxy) is 4. The van der Waals surface area contributed by atoms with Crippen molar-refractivity contribution in [3.05, 3.63) is 119 Å². The number of benzene rings is 4. The molecule has 64 heavy (non-hydrogen) atoms. The number of β-amino-alcohol motifs (C(OH)–C–C–N with tert-alkyl or cyclic N) is 4. The number of hydrogen-bond donors (Lipinski definition) is 6. The van der Waals surface area contributed by atoms with E-state index in [1.807, 2.05) is 70.5 Å². The second-order valence-corrected chi connectivity index (χ2v) is 18.2. The SMILES string of the molecule is O=C1COCc2cc(C(O)CN3C[C@H]4C[C@H](Oc5ccccc5)C[C@@]4(O)C3)cc(F)c2N1.O=C1COCc2cc(C(O)CN3C[C@H]4C[C@H](Oc5ccccc5)C[C@@]4(O)C3)cc(F)c2N1. The third kappa shape index (κ3) is 9.79. The van der Waals surface area contributed by atoms with Crippen LogP contribution in [0.4, 0.5) is 20.2 Å². The Morgan fingerprint density at radius 3 is 1.44 bits per heavy atom. The average molecular weight is 885 g/mol. The molecule has 0 bridgehead atoms. The summed E-state index contributed by atoms with van der Waals surface area (Å²) in [4.78, 5) is 27.3. The van der Waals surface area contributed by atoms with Crippen molar-refractivity contribution in [2.45, 2.75) is 74.5 Å². The van der Waals surface area contributed by atoms with Gasteiger partial charge in [0.25, 0.3) is 0 Å². The van der Waals surface area contributed by atoms with Crippen LogP contribution in [-0.2, 0) is 32.3 Å². The summed E-state index contributed by atoms with van der Waals surface area (Å²) in [5.41, 5.74) is 0.374. The van der Waals surface area contributed by atoms with E-state index in [0.29, 0.717) is 61.3 Å². The molecule has 4 fully saturated rings. The fourth-order valence-corrected chi connectivity index (χ4v) is 10.4. The van der Waals surface area contributed by atoms with Gasteiger partial charge in [0.2, 0.25) is 11.8 Å². The summed E-state index contributed by atoms with van der Waals surface area (Å²) < 4.78 is 51.7. The molecule has 14 nitrogen and oxygen atoms in total. The Labute approximate surface area is 369 Å². The molecule has 340 valence electrons. The number of carbonyl (C=O) groups excluding carboxylic acids is 2. The molecule has 2 saturated heterocycles. The maximum absolute atomic E-state index is 14.6. The molecule has 4 aliphatic heterocycles. The normalized spacial score (nSPS) is 28.5. The van der Waals surface area contributed by atoms with Crippen molar-refractivity contribution in [3.8, 4) is 11.5 Å². The fraction of sp³-hybridized carbons (Fsp3) is 0.458. The number of likely N-dealkylation sites (tertiary alicyclic amines) is 2. The largest absolute Gasteiger partial charge is 0.490 e. The highest BCUT2D eigenvalue weighted by molar-refractivity contribution is 5.93. The molecule has 2 amide bonds. The van der Waals surface area contributed by atoms with Gasteiger partial charge in [-0.1, -0.05) is 36.4 Å². The molecule has 10 rings (SSSR count). The minimum absolute atomic E-state index is 0.0339. The topological polar surface area (TPSA) is 183 Å². The Morgan fingerprint density at radius 1 is 0.641 bits per heavy atom. The van der Waals surface area contributed by atoms with Crippen LogP contribution in [-0.4, -0.2) is 118 Å². The van der Waals surface area contributed by atoms with E-state index in [-0.39, 0.29) is 74.9 Å². The lowest BCUT2D eigenvalue weighted by molar-refractivity contribution is -0.121. The third-order valence-corrected chi connectivity index (χ3v) is 13.4. The number of aliphatic hydroxyl groups excluding tert-OH is 2. The van der Waals surface area contributed by atoms with Gasteiger partial charge in [-0.25, -0.2) is 8.78 Å². The highest BCUT2D eigenvalue weighted by Crippen LogP contribution is 2.45. The summed E-state index contributed by atoms with van der Waals surface area (Å²) in [5.74, 6) is -0.240. The van der Waals surface area contributed by atoms with Gasteiger partial charge in [-0.15, -0.1) is 0 Å². The maximum Gasteiger partial charge on any atom is 0.250 e. The number of hydrogen-bond acceptors (Lipinski definition) is 12. The smallest absolute Gasteiger partial charge is 0.250 e. The molecule has 4 heterocycles. The standard InChI is InChI=1S/2C24H27FN2O5/c2*25-20-7-15(6-16-12-31-13-22(29)26-23(16)20)21(28)11-27-10-17-8-19(9-24(17,30)14-27)32-18-4-2-1-3-5-18/h2*1-7,17,19,21,28,30H,8-14H2,(H,26,29)/t2*17-,19+,21?,24-/m11/s1. The number of carbonyl (C=O) groups is 2. The molecule has 6 N–H and O–H groups in total. The molecule has 4 aromatic carbocycles. The first-order chi connectivity index (χ1) is 30.8. The summed E-state index contributed by atoms with van der Waals surface area (Å²) in [6.07, 6.45) is 0.681. The first kappa shape index (κ1) is 44.2. The molecular weight excluding hydrogens is 831 g/mol. The minimum Gasteiger partial charge on any atom is -0.490 e. The molecule has 8 atom stereocenters. The number of rotatable bonds is 10. The number of nitrogens with zero attached hydrogens (tertiary/aromatic N) is 2. The lowest BCUT2D eigenvalue weighted by atomic mass is 9.95. The van der Waals surface area contributed by atoms with Gasteiger partial charge < -0.3 is 50.0 Å². The first-order valence-corrected chi connectivity index (χ1v) is 21.9. The maximum atomic E-state index is 14.6. The van der Waals surface area contributed by atoms with Gasteiger partial charge in [-0.3, -0.25) is 19.4 Å².